The third kappa shape index (κ3) is 6.29. The fraction of sp³-hybridized carbons (Fsp3) is 0.323. The molecule has 4 aromatic rings. The number of carbonyl (C=O) groups excluding carboxylic acids is 1. The van der Waals surface area contributed by atoms with E-state index in [1.807, 2.05) is 66.7 Å². The lowest BCUT2D eigenvalue weighted by atomic mass is 9.87. The van der Waals surface area contributed by atoms with Crippen LogP contribution in [0.4, 0.5) is 5.69 Å². The molecule has 0 saturated carbocycles. The molecule has 1 aliphatic heterocycles. The molecule has 1 aliphatic rings. The van der Waals surface area contributed by atoms with Crippen LogP contribution in [0.5, 0.6) is 11.5 Å². The zero-order valence-corrected chi connectivity index (χ0v) is 22.2. The maximum atomic E-state index is 13.1. The van der Waals surface area contributed by atoms with Gasteiger partial charge in [-0.2, -0.15) is 4.98 Å². The molecule has 38 heavy (non-hydrogen) atoms. The Bertz CT molecular complexity index is 1350. The zero-order valence-electron chi connectivity index (χ0n) is 22.2. The largest absolute Gasteiger partial charge is 0.455 e. The van der Waals surface area contributed by atoms with Gasteiger partial charge in [0.25, 0.3) is 0 Å². The van der Waals surface area contributed by atoms with Gasteiger partial charge < -0.3 is 14.6 Å². The van der Waals surface area contributed by atoms with E-state index in [0.29, 0.717) is 29.7 Å². The van der Waals surface area contributed by atoms with Crippen LogP contribution >= 0.6 is 0 Å². The molecule has 3 aromatic carbocycles. The minimum atomic E-state index is -0.0596. The Hall–Kier alpha value is -3.97. The van der Waals surface area contributed by atoms with Gasteiger partial charge in [0.05, 0.1) is 12.2 Å². The van der Waals surface area contributed by atoms with Gasteiger partial charge in [-0.1, -0.05) is 80.5 Å². The van der Waals surface area contributed by atoms with E-state index in [0.717, 1.165) is 37.2 Å². The molecule has 1 saturated heterocycles. The molecule has 196 valence electrons. The van der Waals surface area contributed by atoms with Crippen LogP contribution in [0, 0.1) is 5.92 Å². The SMILES string of the molecule is CC(C)(C)c1ccc(-c2noc(CN3CCC(C(=O)Nc4ccccc4Oc4ccccc4)CC3)n2)cc1. The number of aromatic nitrogens is 2. The number of likely N-dealkylation sites (tertiary alicyclic amines) is 1. The summed E-state index contributed by atoms with van der Waals surface area (Å²) in [5.74, 6) is 2.52. The van der Waals surface area contributed by atoms with Crippen LogP contribution in [0.3, 0.4) is 0 Å². The van der Waals surface area contributed by atoms with E-state index < -0.39 is 0 Å². The monoisotopic (exact) mass is 510 g/mol. The number of anilines is 1. The summed E-state index contributed by atoms with van der Waals surface area (Å²) in [5, 5.41) is 7.26. The second-order valence-corrected chi connectivity index (χ2v) is 10.8. The summed E-state index contributed by atoms with van der Waals surface area (Å²) in [6.45, 7) is 8.74. The molecule has 7 nitrogen and oxygen atoms in total. The summed E-state index contributed by atoms with van der Waals surface area (Å²) in [7, 11) is 0. The highest BCUT2D eigenvalue weighted by Crippen LogP contribution is 2.31. The topological polar surface area (TPSA) is 80.5 Å². The van der Waals surface area contributed by atoms with E-state index in [1.54, 1.807) is 0 Å². The Balaban J connectivity index is 1.14. The Morgan fingerprint density at radius 1 is 0.974 bits per heavy atom. The fourth-order valence-electron chi connectivity index (χ4n) is 4.61. The molecule has 0 atom stereocenters. The third-order valence-electron chi connectivity index (χ3n) is 6.91. The van der Waals surface area contributed by atoms with Crippen molar-refractivity contribution in [2.24, 2.45) is 5.92 Å². The van der Waals surface area contributed by atoms with Gasteiger partial charge in [0.15, 0.2) is 5.75 Å². The number of carbonyl (C=O) groups is 1. The molecule has 0 bridgehead atoms. The van der Waals surface area contributed by atoms with Gasteiger partial charge in [0, 0.05) is 11.5 Å². The second-order valence-electron chi connectivity index (χ2n) is 10.8. The Labute approximate surface area is 223 Å². The third-order valence-corrected chi connectivity index (χ3v) is 6.91. The van der Waals surface area contributed by atoms with E-state index >= 15 is 0 Å². The van der Waals surface area contributed by atoms with Crippen LogP contribution < -0.4 is 10.1 Å². The van der Waals surface area contributed by atoms with Crippen molar-refractivity contribution in [3.05, 3.63) is 90.3 Å². The zero-order chi connectivity index (χ0) is 26.5. The van der Waals surface area contributed by atoms with Gasteiger partial charge in [-0.15, -0.1) is 0 Å². The first-order valence-corrected chi connectivity index (χ1v) is 13.1. The summed E-state index contributed by atoms with van der Waals surface area (Å²) in [6.07, 6.45) is 1.53. The van der Waals surface area contributed by atoms with Gasteiger partial charge in [-0.05, 0) is 61.2 Å². The van der Waals surface area contributed by atoms with Crippen LogP contribution in [-0.4, -0.2) is 34.0 Å². The molecule has 0 spiro atoms. The second kappa shape index (κ2) is 11.2. The number of ether oxygens (including phenoxy) is 1. The van der Waals surface area contributed by atoms with Crippen molar-refractivity contribution < 1.29 is 14.1 Å². The highest BCUT2D eigenvalue weighted by Gasteiger charge is 2.27. The van der Waals surface area contributed by atoms with Crippen LogP contribution in [-0.2, 0) is 16.8 Å². The van der Waals surface area contributed by atoms with E-state index in [-0.39, 0.29) is 17.2 Å². The number of hydrogen-bond donors (Lipinski definition) is 1. The highest BCUT2D eigenvalue weighted by molar-refractivity contribution is 5.94. The molecule has 5 rings (SSSR count). The average molecular weight is 511 g/mol. The van der Waals surface area contributed by atoms with Gasteiger partial charge >= 0.3 is 0 Å². The molecule has 2 heterocycles. The van der Waals surface area contributed by atoms with Gasteiger partial charge in [0.2, 0.25) is 17.6 Å². The smallest absolute Gasteiger partial charge is 0.241 e. The van der Waals surface area contributed by atoms with Crippen molar-refractivity contribution >= 4 is 11.6 Å². The average Bonchev–Trinajstić information content (AvgIpc) is 3.39. The molecular weight excluding hydrogens is 476 g/mol. The molecule has 0 radical (unpaired) electrons. The number of nitrogens with one attached hydrogen (secondary N) is 1. The minimum absolute atomic E-state index is 0.0209. The minimum Gasteiger partial charge on any atom is -0.455 e. The molecule has 1 fully saturated rings. The van der Waals surface area contributed by atoms with Gasteiger partial charge in [-0.3, -0.25) is 9.69 Å². The number of piperidine rings is 1. The quantitative estimate of drug-likeness (QED) is 0.299. The molecule has 1 aromatic heterocycles. The predicted molar refractivity (Wildman–Crippen MR) is 148 cm³/mol. The van der Waals surface area contributed by atoms with Crippen molar-refractivity contribution in [1.29, 1.82) is 0 Å². The maximum absolute atomic E-state index is 13.1. The highest BCUT2D eigenvalue weighted by atomic mass is 16.5. The first-order valence-electron chi connectivity index (χ1n) is 13.1. The van der Waals surface area contributed by atoms with Crippen LogP contribution in [0.2, 0.25) is 0 Å². The van der Waals surface area contributed by atoms with Crippen molar-refractivity contribution in [3.63, 3.8) is 0 Å². The summed E-state index contributed by atoms with van der Waals surface area (Å²) in [4.78, 5) is 19.9. The first-order chi connectivity index (χ1) is 18.3. The van der Waals surface area contributed by atoms with E-state index in [9.17, 15) is 4.79 Å². The molecule has 1 N–H and O–H groups in total. The lowest BCUT2D eigenvalue weighted by molar-refractivity contribution is -0.121. The van der Waals surface area contributed by atoms with E-state index in [2.05, 4.69) is 53.3 Å². The molecule has 0 aliphatic carbocycles. The Kier molecular flexibility index (Phi) is 7.56. The van der Waals surface area contributed by atoms with Crippen molar-refractivity contribution in [1.82, 2.24) is 15.0 Å². The van der Waals surface area contributed by atoms with Crippen molar-refractivity contribution in [2.45, 2.75) is 45.6 Å². The first kappa shape index (κ1) is 25.7. The van der Waals surface area contributed by atoms with Crippen LogP contribution in [0.25, 0.3) is 11.4 Å². The van der Waals surface area contributed by atoms with E-state index in [4.69, 9.17) is 9.26 Å². The number of rotatable bonds is 7. The molecule has 7 heteroatoms. The Morgan fingerprint density at radius 2 is 1.66 bits per heavy atom. The fourth-order valence-corrected chi connectivity index (χ4v) is 4.61. The van der Waals surface area contributed by atoms with E-state index in [1.165, 1.54) is 5.56 Å². The number of benzene rings is 3. The van der Waals surface area contributed by atoms with Crippen LogP contribution in [0.15, 0.2) is 83.4 Å². The number of nitrogens with zero attached hydrogens (tertiary/aromatic N) is 3. The standard InChI is InChI=1S/C31H34N4O3/c1-31(2,3)24-15-13-22(14-16-24)29-33-28(38-34-29)21-35-19-17-23(18-20-35)30(36)32-26-11-7-8-12-27(26)37-25-9-5-4-6-10-25/h4-16,23H,17-21H2,1-3H3,(H,32,36). The normalized spacial score (nSPS) is 14.8. The van der Waals surface area contributed by atoms with Gasteiger partial charge in [-0.25, -0.2) is 0 Å². The van der Waals surface area contributed by atoms with Crippen LogP contribution in [0.1, 0.15) is 45.1 Å². The summed E-state index contributed by atoms with van der Waals surface area (Å²) < 4.78 is 11.5. The molecular formula is C31H34N4O3. The number of amides is 1. The Morgan fingerprint density at radius 3 is 2.37 bits per heavy atom. The lowest BCUT2D eigenvalue weighted by Gasteiger charge is -2.30. The lowest BCUT2D eigenvalue weighted by Crippen LogP contribution is -2.37. The number of hydrogen-bond acceptors (Lipinski definition) is 6. The predicted octanol–water partition coefficient (Wildman–Crippen LogP) is 6.68. The van der Waals surface area contributed by atoms with Crippen molar-refractivity contribution in [3.8, 4) is 22.9 Å². The molecule has 1 amide bonds. The maximum Gasteiger partial charge on any atom is 0.241 e. The summed E-state index contributed by atoms with van der Waals surface area (Å²) in [5.41, 5.74) is 2.99. The summed E-state index contributed by atoms with van der Waals surface area (Å²) >= 11 is 0. The van der Waals surface area contributed by atoms with Gasteiger partial charge in [0.1, 0.15) is 5.75 Å². The number of para-hydroxylation sites is 3. The summed E-state index contributed by atoms with van der Waals surface area (Å²) in [6, 6.07) is 25.4. The molecule has 0 unspecified atom stereocenters. The van der Waals surface area contributed by atoms with Crippen molar-refractivity contribution in [2.75, 3.05) is 18.4 Å².